The summed E-state index contributed by atoms with van der Waals surface area (Å²) < 4.78 is 32.9. The summed E-state index contributed by atoms with van der Waals surface area (Å²) >= 11 is 6.16. The highest BCUT2D eigenvalue weighted by molar-refractivity contribution is 7.92. The minimum absolute atomic E-state index is 0.0238. The molecule has 1 amide bonds. The van der Waals surface area contributed by atoms with Gasteiger partial charge in [0.15, 0.2) is 6.61 Å². The number of amides is 1. The van der Waals surface area contributed by atoms with Gasteiger partial charge < -0.3 is 10.1 Å². The van der Waals surface area contributed by atoms with Crippen molar-refractivity contribution in [1.82, 2.24) is 0 Å². The van der Waals surface area contributed by atoms with Gasteiger partial charge in [0.2, 0.25) is 0 Å². The number of carbonyl (C=O) groups excluding carboxylic acids is 2. The number of fused-ring (bicyclic) bond motifs is 1. The highest BCUT2D eigenvalue weighted by atomic mass is 35.5. The van der Waals surface area contributed by atoms with E-state index in [9.17, 15) is 18.0 Å². The number of ether oxygens (including phenoxy) is 1. The quantitative estimate of drug-likeness (QED) is 0.436. The molecule has 1 N–H and O–H groups in total. The van der Waals surface area contributed by atoms with Crippen LogP contribution in [0.1, 0.15) is 34.8 Å². The number of para-hydroxylation sites is 1. The third kappa shape index (κ3) is 5.49. The van der Waals surface area contributed by atoms with Crippen LogP contribution >= 0.6 is 11.6 Å². The largest absolute Gasteiger partial charge is 0.452 e. The molecule has 0 unspecified atom stereocenters. The molecular formula is C26H25ClN2O5S. The Morgan fingerprint density at radius 1 is 1.00 bits per heavy atom. The van der Waals surface area contributed by atoms with E-state index in [0.717, 1.165) is 19.3 Å². The van der Waals surface area contributed by atoms with Crippen molar-refractivity contribution in [2.75, 3.05) is 22.8 Å². The van der Waals surface area contributed by atoms with Crippen LogP contribution in [0.4, 0.5) is 11.4 Å². The van der Waals surface area contributed by atoms with Crippen molar-refractivity contribution in [2.24, 2.45) is 0 Å². The number of nitrogens with one attached hydrogen (secondary N) is 1. The van der Waals surface area contributed by atoms with Crippen LogP contribution < -0.4 is 9.62 Å². The van der Waals surface area contributed by atoms with Crippen LogP contribution in [-0.4, -0.2) is 33.4 Å². The zero-order chi connectivity index (χ0) is 25.0. The third-order valence-corrected chi connectivity index (χ3v) is 8.02. The van der Waals surface area contributed by atoms with Crippen LogP contribution in [0.2, 0.25) is 5.02 Å². The van der Waals surface area contributed by atoms with E-state index in [-0.39, 0.29) is 22.0 Å². The Balaban J connectivity index is 1.46. The number of esters is 1. The van der Waals surface area contributed by atoms with E-state index in [0.29, 0.717) is 11.4 Å². The van der Waals surface area contributed by atoms with Crippen LogP contribution in [0.5, 0.6) is 0 Å². The number of aryl methyl sites for hydroxylation is 2. The molecule has 182 valence electrons. The zero-order valence-corrected chi connectivity index (χ0v) is 20.7. The number of nitrogens with zero attached hydrogens (tertiary/aromatic N) is 1. The minimum atomic E-state index is -3.97. The van der Waals surface area contributed by atoms with Gasteiger partial charge >= 0.3 is 5.97 Å². The molecule has 0 aliphatic heterocycles. The molecule has 9 heteroatoms. The molecule has 7 nitrogen and oxygen atoms in total. The molecule has 1 aliphatic carbocycles. The Morgan fingerprint density at radius 3 is 2.49 bits per heavy atom. The first-order valence-electron chi connectivity index (χ1n) is 11.3. The number of anilines is 2. The fourth-order valence-electron chi connectivity index (χ4n) is 4.09. The summed E-state index contributed by atoms with van der Waals surface area (Å²) in [6, 6.07) is 18.2. The second kappa shape index (κ2) is 10.5. The minimum Gasteiger partial charge on any atom is -0.452 e. The first-order valence-corrected chi connectivity index (χ1v) is 13.1. The molecule has 4 rings (SSSR count). The van der Waals surface area contributed by atoms with Gasteiger partial charge in [-0.2, -0.15) is 0 Å². The average Bonchev–Trinajstić information content (AvgIpc) is 3.31. The SMILES string of the molecule is CCN(c1ccccc1)S(=O)(=O)c1ccc(Cl)c(C(=O)OCC(=O)Nc2ccc3c(c2)CCC3)c1. The van der Waals surface area contributed by atoms with Gasteiger partial charge in [-0.15, -0.1) is 0 Å². The van der Waals surface area contributed by atoms with Crippen LogP contribution in [0, 0.1) is 0 Å². The standard InChI is InChI=1S/C26H25ClN2O5S/c1-2-29(21-9-4-3-5-10-21)35(32,33)22-13-14-24(27)23(16-22)26(31)34-17-25(30)28-20-12-11-18-7-6-8-19(18)15-20/h3-5,9-16H,2,6-8,17H2,1H3,(H,28,30). The van der Waals surface area contributed by atoms with Crippen molar-refractivity contribution >= 4 is 44.9 Å². The van der Waals surface area contributed by atoms with Crippen molar-refractivity contribution in [3.05, 3.63) is 88.4 Å². The summed E-state index contributed by atoms with van der Waals surface area (Å²) in [5.41, 5.74) is 3.49. The topological polar surface area (TPSA) is 92.8 Å². The van der Waals surface area contributed by atoms with Crippen molar-refractivity contribution in [2.45, 2.75) is 31.1 Å². The summed E-state index contributed by atoms with van der Waals surface area (Å²) in [6.45, 7) is 1.38. The fraction of sp³-hybridized carbons (Fsp3) is 0.231. The second-order valence-electron chi connectivity index (χ2n) is 8.11. The number of halogens is 1. The van der Waals surface area contributed by atoms with Crippen LogP contribution in [0.3, 0.4) is 0 Å². The summed E-state index contributed by atoms with van der Waals surface area (Å²) in [5.74, 6) is -1.39. The maximum atomic E-state index is 13.3. The first-order chi connectivity index (χ1) is 16.8. The predicted octanol–water partition coefficient (Wildman–Crippen LogP) is 4.84. The van der Waals surface area contributed by atoms with E-state index >= 15 is 0 Å². The zero-order valence-electron chi connectivity index (χ0n) is 19.2. The molecule has 3 aromatic carbocycles. The number of hydrogen-bond acceptors (Lipinski definition) is 5. The van der Waals surface area contributed by atoms with Crippen molar-refractivity contribution in [3.8, 4) is 0 Å². The maximum absolute atomic E-state index is 13.3. The maximum Gasteiger partial charge on any atom is 0.340 e. The molecule has 0 atom stereocenters. The van der Waals surface area contributed by atoms with E-state index in [1.54, 1.807) is 37.3 Å². The van der Waals surface area contributed by atoms with Crippen molar-refractivity contribution < 1.29 is 22.7 Å². The van der Waals surface area contributed by atoms with Gasteiger partial charge in [0.1, 0.15) is 0 Å². The summed E-state index contributed by atoms with van der Waals surface area (Å²) in [5, 5.41) is 2.74. The molecule has 35 heavy (non-hydrogen) atoms. The Labute approximate surface area is 209 Å². The molecule has 0 spiro atoms. The molecule has 0 saturated heterocycles. The lowest BCUT2D eigenvalue weighted by molar-refractivity contribution is -0.119. The van der Waals surface area contributed by atoms with Gasteiger partial charge in [-0.1, -0.05) is 35.9 Å². The van der Waals surface area contributed by atoms with Gasteiger partial charge in [0, 0.05) is 12.2 Å². The van der Waals surface area contributed by atoms with E-state index in [1.165, 1.54) is 33.6 Å². The van der Waals surface area contributed by atoms with Gasteiger partial charge in [-0.3, -0.25) is 9.10 Å². The normalized spacial score (nSPS) is 12.6. The lowest BCUT2D eigenvalue weighted by Gasteiger charge is -2.23. The van der Waals surface area contributed by atoms with Crippen LogP contribution in [0.15, 0.2) is 71.6 Å². The fourth-order valence-corrected chi connectivity index (χ4v) is 5.78. The van der Waals surface area contributed by atoms with Gasteiger partial charge in [-0.05, 0) is 79.8 Å². The van der Waals surface area contributed by atoms with E-state index in [2.05, 4.69) is 5.32 Å². The molecule has 0 saturated carbocycles. The third-order valence-electron chi connectivity index (χ3n) is 5.79. The number of sulfonamides is 1. The summed E-state index contributed by atoms with van der Waals surface area (Å²) in [4.78, 5) is 24.9. The predicted molar refractivity (Wildman–Crippen MR) is 135 cm³/mol. The Morgan fingerprint density at radius 2 is 1.74 bits per heavy atom. The lowest BCUT2D eigenvalue weighted by Crippen LogP contribution is -2.31. The summed E-state index contributed by atoms with van der Waals surface area (Å²) in [6.07, 6.45) is 3.12. The Kier molecular flexibility index (Phi) is 7.42. The molecule has 0 heterocycles. The molecule has 0 aromatic heterocycles. The van der Waals surface area contributed by atoms with Gasteiger partial charge in [0.05, 0.1) is 21.2 Å². The Bertz CT molecular complexity index is 1360. The van der Waals surface area contributed by atoms with Crippen LogP contribution in [-0.2, 0) is 32.4 Å². The molecular weight excluding hydrogens is 488 g/mol. The van der Waals surface area contributed by atoms with Crippen LogP contribution in [0.25, 0.3) is 0 Å². The summed E-state index contributed by atoms with van der Waals surface area (Å²) in [7, 11) is -3.97. The van der Waals surface area contributed by atoms with E-state index < -0.39 is 28.5 Å². The van der Waals surface area contributed by atoms with Crippen molar-refractivity contribution in [1.29, 1.82) is 0 Å². The molecule has 0 radical (unpaired) electrons. The smallest absolute Gasteiger partial charge is 0.340 e. The van der Waals surface area contributed by atoms with E-state index in [4.69, 9.17) is 16.3 Å². The molecule has 3 aromatic rings. The van der Waals surface area contributed by atoms with Gasteiger partial charge in [0.25, 0.3) is 15.9 Å². The Hall–Kier alpha value is -3.36. The first kappa shape index (κ1) is 24.8. The highest BCUT2D eigenvalue weighted by Crippen LogP contribution is 2.27. The van der Waals surface area contributed by atoms with Crippen molar-refractivity contribution in [3.63, 3.8) is 0 Å². The molecule has 1 aliphatic rings. The monoisotopic (exact) mass is 512 g/mol. The number of hydrogen-bond donors (Lipinski definition) is 1. The number of carbonyl (C=O) groups is 2. The number of benzene rings is 3. The molecule has 0 bridgehead atoms. The highest BCUT2D eigenvalue weighted by Gasteiger charge is 2.26. The average molecular weight is 513 g/mol. The number of rotatable bonds is 8. The lowest BCUT2D eigenvalue weighted by atomic mass is 10.1. The molecule has 0 fully saturated rings. The second-order valence-corrected chi connectivity index (χ2v) is 10.4. The van der Waals surface area contributed by atoms with E-state index in [1.807, 2.05) is 18.2 Å². The van der Waals surface area contributed by atoms with Gasteiger partial charge in [-0.25, -0.2) is 13.2 Å².